The van der Waals surface area contributed by atoms with E-state index in [1.54, 1.807) is 0 Å². The molecule has 0 bridgehead atoms. The standard InChI is InChI=1S/C6H14F2NS.BF3.FH/c1-3-5-9(6-4-2)10(7)8;2-1(3)4;/h3-6H2,1-2H3;;1H/q+1;;/p-1. The Balaban J connectivity index is -0.000000249. The zero-order valence-corrected chi connectivity index (χ0v) is 9.35. The van der Waals surface area contributed by atoms with Crippen LogP contribution in [0.1, 0.15) is 26.7 Å². The van der Waals surface area contributed by atoms with Crippen molar-refractivity contribution in [3.63, 3.8) is 0 Å². The minimum Gasteiger partial charge on any atom is -1.00 e. The number of hydrogen-bond acceptors (Lipinski definition) is 0. The van der Waals surface area contributed by atoms with Gasteiger partial charge >= 0.3 is 19.0 Å². The van der Waals surface area contributed by atoms with Gasteiger partial charge in [0.1, 0.15) is 0 Å². The molecule has 0 amide bonds. The average molecular weight is 257 g/mol. The Labute approximate surface area is 88.9 Å². The van der Waals surface area contributed by atoms with Gasteiger partial charge in [-0.05, 0) is 0 Å². The van der Waals surface area contributed by atoms with Crippen molar-refractivity contribution < 1.29 is 29.4 Å². The number of rotatable bonds is 4. The number of nitrogens with zero attached hydrogens (tertiary/aromatic N) is 1. The van der Waals surface area contributed by atoms with E-state index in [1.165, 1.54) is 3.95 Å². The van der Waals surface area contributed by atoms with Crippen molar-refractivity contribution in [2.45, 2.75) is 26.7 Å². The lowest BCUT2D eigenvalue weighted by molar-refractivity contribution is -0.507. The zero-order valence-electron chi connectivity index (χ0n) is 8.53. The summed E-state index contributed by atoms with van der Waals surface area (Å²) < 4.78 is 54.3. The summed E-state index contributed by atoms with van der Waals surface area (Å²) >= 11 is -2.52. The topological polar surface area (TPSA) is 3.01 Å². The van der Waals surface area contributed by atoms with Crippen molar-refractivity contribution >= 4 is 19.0 Å². The molecule has 0 aromatic heterocycles. The highest BCUT2D eigenvalue weighted by Crippen LogP contribution is 1.95. The van der Waals surface area contributed by atoms with E-state index in [9.17, 15) is 20.7 Å². The van der Waals surface area contributed by atoms with Crippen LogP contribution in [0.5, 0.6) is 0 Å². The maximum Gasteiger partial charge on any atom is 0.762 e. The summed E-state index contributed by atoms with van der Waals surface area (Å²) in [4.78, 5) is 0. The minimum atomic E-state index is -3.67. The molecule has 1 nitrogen and oxygen atoms in total. The molecule has 0 saturated heterocycles. The fourth-order valence-electron chi connectivity index (χ4n) is 0.749. The molecular weight excluding hydrogens is 243 g/mol. The Kier molecular flexibility index (Phi) is 18.6. The fourth-order valence-corrected chi connectivity index (χ4v) is 1.39. The summed E-state index contributed by atoms with van der Waals surface area (Å²) in [6.07, 6.45) is 1.61. The quantitative estimate of drug-likeness (QED) is 0.386. The van der Waals surface area contributed by atoms with E-state index in [-0.39, 0.29) is 4.70 Å². The molecule has 0 atom stereocenters. The van der Waals surface area contributed by atoms with Crippen LogP contribution in [0.15, 0.2) is 0 Å². The number of halogens is 6. The van der Waals surface area contributed by atoms with Crippen LogP contribution in [-0.4, -0.2) is 24.6 Å². The van der Waals surface area contributed by atoms with E-state index < -0.39 is 19.0 Å². The van der Waals surface area contributed by atoms with Crippen LogP contribution in [-0.2, 0) is 11.5 Å². The lowest BCUT2D eigenvalue weighted by Gasteiger charge is -1.95. The van der Waals surface area contributed by atoms with Crippen LogP contribution in [0.25, 0.3) is 0 Å². The molecular formula is C6H14BF6NS. The Morgan fingerprint density at radius 1 is 1.00 bits per heavy atom. The molecule has 0 aromatic carbocycles. The highest BCUT2D eigenvalue weighted by atomic mass is 32.2. The van der Waals surface area contributed by atoms with Gasteiger partial charge in [-0.15, -0.1) is 0 Å². The second-order valence-corrected chi connectivity index (χ2v) is 3.28. The first-order valence-electron chi connectivity index (χ1n) is 4.19. The predicted octanol–water partition coefficient (Wildman–Crippen LogP) is 0.274. The lowest BCUT2D eigenvalue weighted by Crippen LogP contribution is -3.00. The van der Waals surface area contributed by atoms with Crippen LogP contribution in [0, 0.1) is 0 Å². The third kappa shape index (κ3) is 20.0. The molecule has 0 aliphatic heterocycles. The average Bonchev–Trinajstić information content (AvgIpc) is 2.02. The summed E-state index contributed by atoms with van der Waals surface area (Å²) in [7, 11) is -3.67. The zero-order chi connectivity index (χ0) is 11.6. The maximum absolute atomic E-state index is 12.0. The molecule has 0 spiro atoms. The highest BCUT2D eigenvalue weighted by Gasteiger charge is 2.08. The second kappa shape index (κ2) is 13.8. The van der Waals surface area contributed by atoms with Gasteiger partial charge in [0.15, 0.2) is 13.1 Å². The largest absolute Gasteiger partial charge is 1.00 e. The molecule has 0 rings (SSSR count). The first kappa shape index (κ1) is 20.2. The highest BCUT2D eigenvalue weighted by molar-refractivity contribution is 7.74. The van der Waals surface area contributed by atoms with E-state index in [0.29, 0.717) is 13.1 Å². The van der Waals surface area contributed by atoms with Crippen LogP contribution in [0.3, 0.4) is 0 Å². The first-order valence-corrected chi connectivity index (χ1v) is 5.17. The maximum atomic E-state index is 12.0. The molecule has 15 heavy (non-hydrogen) atoms. The molecule has 0 aliphatic carbocycles. The van der Waals surface area contributed by atoms with Crippen LogP contribution >= 0.6 is 0 Å². The van der Waals surface area contributed by atoms with Crippen molar-refractivity contribution in [3.8, 4) is 0 Å². The van der Waals surface area contributed by atoms with Crippen LogP contribution in [0.4, 0.5) is 20.7 Å². The Morgan fingerprint density at radius 3 is 1.40 bits per heavy atom. The Bertz CT molecular complexity index is 153. The summed E-state index contributed by atoms with van der Waals surface area (Å²) in [6.45, 7) is 4.86. The van der Waals surface area contributed by atoms with Gasteiger partial charge in [0.2, 0.25) is 0 Å². The van der Waals surface area contributed by atoms with Gasteiger partial charge in [-0.3, -0.25) is 12.9 Å². The van der Waals surface area contributed by atoms with Gasteiger partial charge < -0.3 is 4.70 Å². The summed E-state index contributed by atoms with van der Waals surface area (Å²) in [5.41, 5.74) is 0. The summed E-state index contributed by atoms with van der Waals surface area (Å²) in [5, 5.41) is 0. The van der Waals surface area contributed by atoms with Crippen molar-refractivity contribution in [2.75, 3.05) is 13.1 Å². The van der Waals surface area contributed by atoms with E-state index >= 15 is 0 Å². The summed E-state index contributed by atoms with van der Waals surface area (Å²) in [5.74, 6) is 0. The molecule has 0 heterocycles. The van der Waals surface area contributed by atoms with E-state index in [0.717, 1.165) is 12.8 Å². The summed E-state index contributed by atoms with van der Waals surface area (Å²) in [6, 6.07) is 0. The van der Waals surface area contributed by atoms with E-state index in [2.05, 4.69) is 0 Å². The van der Waals surface area contributed by atoms with Gasteiger partial charge in [0.25, 0.3) is 0 Å². The van der Waals surface area contributed by atoms with Crippen molar-refractivity contribution in [2.24, 2.45) is 0 Å². The van der Waals surface area contributed by atoms with Crippen molar-refractivity contribution in [1.29, 1.82) is 0 Å². The molecule has 0 aliphatic rings. The van der Waals surface area contributed by atoms with Gasteiger partial charge in [-0.1, -0.05) is 21.6 Å². The predicted molar refractivity (Wildman–Crippen MR) is 49.2 cm³/mol. The van der Waals surface area contributed by atoms with E-state index in [4.69, 9.17) is 0 Å². The van der Waals surface area contributed by atoms with Crippen molar-refractivity contribution in [3.05, 3.63) is 0 Å². The third-order valence-electron chi connectivity index (χ3n) is 1.14. The molecule has 0 aromatic rings. The van der Waals surface area contributed by atoms with Crippen LogP contribution in [0.2, 0.25) is 0 Å². The van der Waals surface area contributed by atoms with E-state index in [1.807, 2.05) is 13.8 Å². The molecule has 0 fully saturated rings. The number of hydrogen-bond donors (Lipinski definition) is 0. The minimum absolute atomic E-state index is 0. The smallest absolute Gasteiger partial charge is 0.762 e. The first-order chi connectivity index (χ1) is 6.45. The molecule has 0 saturated carbocycles. The Morgan fingerprint density at radius 2 is 1.27 bits per heavy atom. The monoisotopic (exact) mass is 257 g/mol. The van der Waals surface area contributed by atoms with Crippen LogP contribution < -0.4 is 4.70 Å². The molecule has 9 heteroatoms. The molecule has 94 valence electrons. The lowest BCUT2D eigenvalue weighted by atomic mass is 10.4. The van der Waals surface area contributed by atoms with Gasteiger partial charge in [0, 0.05) is 12.8 Å². The van der Waals surface area contributed by atoms with Gasteiger partial charge in [-0.2, -0.15) is 3.95 Å². The Hall–Kier alpha value is -0.205. The molecule has 0 unspecified atom stereocenters. The molecule has 0 radical (unpaired) electrons. The second-order valence-electron chi connectivity index (χ2n) is 2.37. The fraction of sp³-hybridized carbons (Fsp3) is 1.00. The normalized spacial score (nSPS) is 8.80. The SMILES string of the molecule is CCC[N+](CCC)=S(F)F.FB(F)F.[F-]. The van der Waals surface area contributed by atoms with Crippen molar-refractivity contribution in [1.82, 2.24) is 0 Å². The molecule has 0 N–H and O–H groups in total. The van der Waals surface area contributed by atoms with Gasteiger partial charge in [0.05, 0.1) is 0 Å². The third-order valence-corrected chi connectivity index (χ3v) is 1.90. The van der Waals surface area contributed by atoms with Gasteiger partial charge in [-0.25, -0.2) is 0 Å².